The van der Waals surface area contributed by atoms with E-state index in [1.807, 2.05) is 16.8 Å². The highest BCUT2D eigenvalue weighted by Gasteiger charge is 2.04. The molecule has 0 aliphatic rings. The molecule has 0 aliphatic carbocycles. The van der Waals surface area contributed by atoms with Gasteiger partial charge < -0.3 is 5.32 Å². The summed E-state index contributed by atoms with van der Waals surface area (Å²) >= 11 is 0. The van der Waals surface area contributed by atoms with Crippen LogP contribution in [0.25, 0.3) is 0 Å². The molecule has 1 heterocycles. The summed E-state index contributed by atoms with van der Waals surface area (Å²) in [5, 5.41) is 16.2. The Morgan fingerprint density at radius 2 is 2.26 bits per heavy atom. The Labute approximate surface area is 111 Å². The quantitative estimate of drug-likeness (QED) is 0.897. The van der Waals surface area contributed by atoms with Gasteiger partial charge in [0.05, 0.1) is 17.8 Å². The van der Waals surface area contributed by atoms with Gasteiger partial charge in [-0.2, -0.15) is 10.4 Å². The molecule has 1 aromatic heterocycles. The molecule has 0 fully saturated rings. The van der Waals surface area contributed by atoms with E-state index in [-0.39, 0.29) is 5.56 Å². The second kappa shape index (κ2) is 6.01. The van der Waals surface area contributed by atoms with Crippen LogP contribution in [-0.4, -0.2) is 9.78 Å². The van der Waals surface area contributed by atoms with Crippen molar-refractivity contribution in [2.75, 3.05) is 5.32 Å². The van der Waals surface area contributed by atoms with Crippen LogP contribution in [0.1, 0.15) is 24.6 Å². The molecule has 0 saturated carbocycles. The van der Waals surface area contributed by atoms with Crippen LogP contribution in [0.2, 0.25) is 0 Å². The average Bonchev–Trinajstić information content (AvgIpc) is 2.86. The van der Waals surface area contributed by atoms with Gasteiger partial charge in [0.15, 0.2) is 0 Å². The number of hydrogen-bond acceptors (Lipinski definition) is 3. The summed E-state index contributed by atoms with van der Waals surface area (Å²) in [5.74, 6) is -0.496. The number of benzene rings is 1. The minimum Gasteiger partial charge on any atom is -0.379 e. The van der Waals surface area contributed by atoms with Gasteiger partial charge in [0.25, 0.3) is 0 Å². The van der Waals surface area contributed by atoms with E-state index in [0.29, 0.717) is 6.54 Å². The fraction of sp³-hybridized carbons (Fsp3) is 0.286. The molecule has 1 N–H and O–H groups in total. The van der Waals surface area contributed by atoms with E-state index >= 15 is 0 Å². The first kappa shape index (κ1) is 13.1. The topological polar surface area (TPSA) is 53.6 Å². The second-order valence-electron chi connectivity index (χ2n) is 4.21. The summed E-state index contributed by atoms with van der Waals surface area (Å²) in [6.07, 6.45) is 2.78. The molecular formula is C14H15FN4. The van der Waals surface area contributed by atoms with Gasteiger partial charge in [-0.3, -0.25) is 4.68 Å². The van der Waals surface area contributed by atoms with Crippen LogP contribution in [-0.2, 0) is 13.1 Å². The standard InChI is InChI=1S/C14H15FN4/c1-2-7-19-13(5-6-18-19)10-17-12-3-4-14(15)11(8-12)9-16/h3-6,8,17H,2,7,10H2,1H3. The lowest BCUT2D eigenvalue weighted by atomic mass is 10.2. The van der Waals surface area contributed by atoms with Gasteiger partial charge in [-0.25, -0.2) is 4.39 Å². The molecule has 98 valence electrons. The maximum atomic E-state index is 13.2. The zero-order valence-corrected chi connectivity index (χ0v) is 10.7. The summed E-state index contributed by atoms with van der Waals surface area (Å²) in [7, 11) is 0. The highest BCUT2D eigenvalue weighted by Crippen LogP contribution is 2.15. The Morgan fingerprint density at radius 1 is 1.42 bits per heavy atom. The lowest BCUT2D eigenvalue weighted by molar-refractivity contribution is 0.578. The van der Waals surface area contributed by atoms with Crippen molar-refractivity contribution >= 4 is 5.69 Å². The largest absolute Gasteiger partial charge is 0.379 e. The molecule has 0 amide bonds. The Kier molecular flexibility index (Phi) is 4.14. The van der Waals surface area contributed by atoms with Gasteiger partial charge in [-0.1, -0.05) is 6.92 Å². The van der Waals surface area contributed by atoms with Crippen LogP contribution in [0.4, 0.5) is 10.1 Å². The SMILES string of the molecule is CCCn1nccc1CNc1ccc(F)c(C#N)c1. The van der Waals surface area contributed by atoms with E-state index in [1.165, 1.54) is 12.1 Å². The zero-order valence-electron chi connectivity index (χ0n) is 10.7. The summed E-state index contributed by atoms with van der Waals surface area (Å²) in [5.41, 5.74) is 1.83. The van der Waals surface area contributed by atoms with Crippen molar-refractivity contribution in [3.8, 4) is 6.07 Å². The first-order chi connectivity index (χ1) is 9.24. The van der Waals surface area contributed by atoms with E-state index in [4.69, 9.17) is 5.26 Å². The lowest BCUT2D eigenvalue weighted by Crippen LogP contribution is -2.09. The lowest BCUT2D eigenvalue weighted by Gasteiger charge is -2.09. The second-order valence-corrected chi connectivity index (χ2v) is 4.21. The fourth-order valence-corrected chi connectivity index (χ4v) is 1.84. The smallest absolute Gasteiger partial charge is 0.141 e. The molecule has 0 atom stereocenters. The predicted molar refractivity (Wildman–Crippen MR) is 71.0 cm³/mol. The number of aryl methyl sites for hydroxylation is 1. The van der Waals surface area contributed by atoms with E-state index in [2.05, 4.69) is 17.3 Å². The highest BCUT2D eigenvalue weighted by atomic mass is 19.1. The van der Waals surface area contributed by atoms with E-state index in [9.17, 15) is 4.39 Å². The van der Waals surface area contributed by atoms with Gasteiger partial charge >= 0.3 is 0 Å². The first-order valence-electron chi connectivity index (χ1n) is 6.18. The average molecular weight is 258 g/mol. The number of hydrogen-bond donors (Lipinski definition) is 1. The number of rotatable bonds is 5. The van der Waals surface area contributed by atoms with Crippen LogP contribution in [0.3, 0.4) is 0 Å². The minimum atomic E-state index is -0.496. The van der Waals surface area contributed by atoms with Gasteiger partial charge in [-0.05, 0) is 30.7 Å². The molecule has 4 nitrogen and oxygen atoms in total. The number of nitriles is 1. The molecule has 2 rings (SSSR count). The van der Waals surface area contributed by atoms with Crippen molar-refractivity contribution in [2.24, 2.45) is 0 Å². The van der Waals surface area contributed by atoms with Gasteiger partial charge in [0.1, 0.15) is 11.9 Å². The molecule has 2 aromatic rings. The Hall–Kier alpha value is -2.35. The molecule has 0 radical (unpaired) electrons. The van der Waals surface area contributed by atoms with Crippen LogP contribution in [0.15, 0.2) is 30.5 Å². The highest BCUT2D eigenvalue weighted by molar-refractivity contribution is 5.49. The minimum absolute atomic E-state index is 0.0482. The Bertz CT molecular complexity index is 598. The summed E-state index contributed by atoms with van der Waals surface area (Å²) in [6.45, 7) is 3.56. The third kappa shape index (κ3) is 3.10. The van der Waals surface area contributed by atoms with E-state index in [0.717, 1.165) is 24.3 Å². The van der Waals surface area contributed by atoms with Crippen molar-refractivity contribution in [1.29, 1.82) is 5.26 Å². The normalized spacial score (nSPS) is 10.2. The van der Waals surface area contributed by atoms with Crippen molar-refractivity contribution in [3.63, 3.8) is 0 Å². The van der Waals surface area contributed by atoms with Gasteiger partial charge in [0.2, 0.25) is 0 Å². The van der Waals surface area contributed by atoms with Crippen molar-refractivity contribution in [1.82, 2.24) is 9.78 Å². The van der Waals surface area contributed by atoms with Gasteiger partial charge in [0, 0.05) is 18.4 Å². The van der Waals surface area contributed by atoms with Crippen LogP contribution >= 0.6 is 0 Å². The number of nitrogens with one attached hydrogen (secondary N) is 1. The van der Waals surface area contributed by atoms with Crippen LogP contribution in [0.5, 0.6) is 0 Å². The molecule has 0 unspecified atom stereocenters. The van der Waals surface area contributed by atoms with Crippen LogP contribution in [0, 0.1) is 17.1 Å². The first-order valence-corrected chi connectivity index (χ1v) is 6.18. The maximum Gasteiger partial charge on any atom is 0.141 e. The third-order valence-electron chi connectivity index (χ3n) is 2.80. The summed E-state index contributed by atoms with van der Waals surface area (Å²) in [4.78, 5) is 0. The van der Waals surface area contributed by atoms with Gasteiger partial charge in [-0.15, -0.1) is 0 Å². The Morgan fingerprint density at radius 3 is 3.00 bits per heavy atom. The molecular weight excluding hydrogens is 243 g/mol. The number of nitrogens with zero attached hydrogens (tertiary/aromatic N) is 3. The van der Waals surface area contributed by atoms with Crippen molar-refractivity contribution < 1.29 is 4.39 Å². The van der Waals surface area contributed by atoms with Crippen molar-refractivity contribution in [2.45, 2.75) is 26.4 Å². The molecule has 19 heavy (non-hydrogen) atoms. The third-order valence-corrected chi connectivity index (χ3v) is 2.80. The molecule has 1 aromatic carbocycles. The number of aromatic nitrogens is 2. The molecule has 0 aliphatic heterocycles. The zero-order chi connectivity index (χ0) is 13.7. The maximum absolute atomic E-state index is 13.2. The monoisotopic (exact) mass is 258 g/mol. The molecule has 0 spiro atoms. The van der Waals surface area contributed by atoms with Crippen molar-refractivity contribution in [3.05, 3.63) is 47.5 Å². The molecule has 0 bridgehead atoms. The Balaban J connectivity index is 2.06. The molecule has 0 saturated heterocycles. The fourth-order valence-electron chi connectivity index (χ4n) is 1.84. The summed E-state index contributed by atoms with van der Waals surface area (Å²) < 4.78 is 15.1. The summed E-state index contributed by atoms with van der Waals surface area (Å²) in [6, 6.07) is 8.20. The molecule has 5 heteroatoms. The van der Waals surface area contributed by atoms with E-state index in [1.54, 1.807) is 12.3 Å². The number of anilines is 1. The van der Waals surface area contributed by atoms with Crippen LogP contribution < -0.4 is 5.32 Å². The predicted octanol–water partition coefficient (Wildman–Crippen LogP) is 2.92. The number of halogens is 1. The van der Waals surface area contributed by atoms with E-state index < -0.39 is 5.82 Å².